The largest absolute Gasteiger partial charge is 0.459 e. The average molecular weight is 396 g/mol. The number of amides is 2. The van der Waals surface area contributed by atoms with Gasteiger partial charge >= 0.3 is 6.01 Å². The van der Waals surface area contributed by atoms with Gasteiger partial charge < -0.3 is 4.74 Å². The number of imide groups is 1. The zero-order chi connectivity index (χ0) is 19.6. The van der Waals surface area contributed by atoms with E-state index in [2.05, 4.69) is 9.97 Å². The summed E-state index contributed by atoms with van der Waals surface area (Å²) in [6, 6.07) is 2.09. The first-order valence-electron chi connectivity index (χ1n) is 9.04. The molecule has 0 bridgehead atoms. The molecular weight excluding hydrogens is 372 g/mol. The Bertz CT molecular complexity index is 805. The van der Waals surface area contributed by atoms with Crippen molar-refractivity contribution in [2.45, 2.75) is 45.6 Å². The second kappa shape index (κ2) is 7.89. The monoisotopic (exact) mass is 396 g/mol. The molecule has 10 heteroatoms. The van der Waals surface area contributed by atoms with E-state index in [4.69, 9.17) is 4.74 Å². The zero-order valence-electron chi connectivity index (χ0n) is 15.5. The molecule has 2 aliphatic heterocycles. The van der Waals surface area contributed by atoms with E-state index in [0.29, 0.717) is 32.2 Å². The van der Waals surface area contributed by atoms with Gasteiger partial charge in [-0.25, -0.2) is 18.4 Å². The fraction of sp³-hybridized carbons (Fsp3) is 0.647. The molecule has 2 saturated heterocycles. The molecule has 3 heterocycles. The Morgan fingerprint density at radius 1 is 1.15 bits per heavy atom. The molecule has 0 aliphatic carbocycles. The van der Waals surface area contributed by atoms with Gasteiger partial charge in [0.25, 0.3) is 0 Å². The van der Waals surface area contributed by atoms with Crippen LogP contribution in [0.2, 0.25) is 0 Å². The summed E-state index contributed by atoms with van der Waals surface area (Å²) >= 11 is 0. The van der Waals surface area contributed by atoms with E-state index in [1.807, 2.05) is 19.9 Å². The van der Waals surface area contributed by atoms with E-state index in [1.165, 1.54) is 4.31 Å². The number of carbonyl (C=O) groups excluding carboxylic acids is 2. The average Bonchev–Trinajstić information content (AvgIpc) is 3.02. The van der Waals surface area contributed by atoms with Crippen LogP contribution in [0.25, 0.3) is 0 Å². The number of ether oxygens (including phenoxy) is 1. The van der Waals surface area contributed by atoms with Crippen LogP contribution in [0, 0.1) is 13.8 Å². The minimum atomic E-state index is -3.58. The number of aromatic nitrogens is 2. The molecule has 2 aliphatic rings. The lowest BCUT2D eigenvalue weighted by Crippen LogP contribution is -2.44. The molecule has 3 rings (SSSR count). The zero-order valence-corrected chi connectivity index (χ0v) is 16.4. The van der Waals surface area contributed by atoms with E-state index in [-0.39, 0.29) is 42.8 Å². The van der Waals surface area contributed by atoms with Crippen molar-refractivity contribution in [3.05, 3.63) is 17.5 Å². The summed E-state index contributed by atoms with van der Waals surface area (Å²) in [7, 11) is -3.58. The van der Waals surface area contributed by atoms with Crippen molar-refractivity contribution in [1.29, 1.82) is 0 Å². The van der Waals surface area contributed by atoms with Gasteiger partial charge in [0.05, 0.1) is 12.3 Å². The van der Waals surface area contributed by atoms with Crippen molar-refractivity contribution in [2.75, 3.05) is 25.4 Å². The molecule has 0 aromatic carbocycles. The lowest BCUT2D eigenvalue weighted by atomic mass is 10.1. The maximum atomic E-state index is 12.6. The number of sulfonamides is 1. The minimum Gasteiger partial charge on any atom is -0.459 e. The third kappa shape index (κ3) is 4.81. The van der Waals surface area contributed by atoms with Gasteiger partial charge in [-0.05, 0) is 32.8 Å². The van der Waals surface area contributed by atoms with Gasteiger partial charge in [0.15, 0.2) is 0 Å². The van der Waals surface area contributed by atoms with Crippen LogP contribution in [-0.4, -0.2) is 70.9 Å². The third-order valence-electron chi connectivity index (χ3n) is 4.69. The van der Waals surface area contributed by atoms with Gasteiger partial charge in [0.2, 0.25) is 21.8 Å². The number of likely N-dealkylation sites (tertiary alicyclic amines) is 1. The Kier molecular flexibility index (Phi) is 5.75. The number of nitrogens with zero attached hydrogens (tertiary/aromatic N) is 4. The lowest BCUT2D eigenvalue weighted by molar-refractivity contribution is -0.147. The fourth-order valence-electron chi connectivity index (χ4n) is 3.33. The number of rotatable bonds is 6. The van der Waals surface area contributed by atoms with Gasteiger partial charge in [-0.3, -0.25) is 14.5 Å². The Balaban J connectivity index is 1.56. The Morgan fingerprint density at radius 3 is 2.41 bits per heavy atom. The van der Waals surface area contributed by atoms with Gasteiger partial charge in [0.1, 0.15) is 6.10 Å². The van der Waals surface area contributed by atoms with E-state index < -0.39 is 10.0 Å². The highest BCUT2D eigenvalue weighted by molar-refractivity contribution is 7.89. The molecule has 1 aromatic heterocycles. The number of hydrogen-bond donors (Lipinski definition) is 0. The lowest BCUT2D eigenvalue weighted by Gasteiger charge is -2.25. The van der Waals surface area contributed by atoms with Gasteiger partial charge in [-0.1, -0.05) is 0 Å². The number of aryl methyl sites for hydroxylation is 2. The van der Waals surface area contributed by atoms with Crippen LogP contribution in [0.4, 0.5) is 0 Å². The van der Waals surface area contributed by atoms with Crippen LogP contribution in [0.15, 0.2) is 6.07 Å². The predicted octanol–water partition coefficient (Wildman–Crippen LogP) is 0.415. The van der Waals surface area contributed by atoms with E-state index in [9.17, 15) is 18.0 Å². The number of piperidine rings is 1. The standard InChI is InChI=1S/C17H24N4O5S/c1-12-10-13(2)19-17(18-12)26-14-6-7-20(11-14)27(24,25)9-8-21-15(22)4-3-5-16(21)23/h10,14H,3-9,11H2,1-2H3/t14-/m0/s1. The summed E-state index contributed by atoms with van der Waals surface area (Å²) in [6.07, 6.45) is 1.34. The van der Waals surface area contributed by atoms with E-state index in [1.54, 1.807) is 0 Å². The smallest absolute Gasteiger partial charge is 0.317 e. The second-order valence-corrected chi connectivity index (χ2v) is 9.02. The number of hydrogen-bond acceptors (Lipinski definition) is 7. The van der Waals surface area contributed by atoms with E-state index >= 15 is 0 Å². The van der Waals surface area contributed by atoms with Crippen molar-refractivity contribution < 1.29 is 22.7 Å². The summed E-state index contributed by atoms with van der Waals surface area (Å²) in [5.41, 5.74) is 1.58. The van der Waals surface area contributed by atoms with Crippen molar-refractivity contribution in [1.82, 2.24) is 19.2 Å². The summed E-state index contributed by atoms with van der Waals surface area (Å²) < 4.78 is 32.3. The molecule has 27 heavy (non-hydrogen) atoms. The summed E-state index contributed by atoms with van der Waals surface area (Å²) in [6.45, 7) is 4.13. The maximum absolute atomic E-state index is 12.6. The molecule has 0 saturated carbocycles. The predicted molar refractivity (Wildman–Crippen MR) is 96.5 cm³/mol. The SMILES string of the molecule is Cc1cc(C)nc(O[C@H]2CCN(S(=O)(=O)CCN3C(=O)CCCC3=O)C2)n1. The first kappa shape index (κ1) is 19.7. The Morgan fingerprint density at radius 2 is 1.78 bits per heavy atom. The van der Waals surface area contributed by atoms with E-state index in [0.717, 1.165) is 16.3 Å². The van der Waals surface area contributed by atoms with Crippen LogP contribution in [0.1, 0.15) is 37.1 Å². The van der Waals surface area contributed by atoms with Crippen LogP contribution in [-0.2, 0) is 19.6 Å². The van der Waals surface area contributed by atoms with Crippen LogP contribution >= 0.6 is 0 Å². The molecule has 0 unspecified atom stereocenters. The Hall–Kier alpha value is -2.07. The minimum absolute atomic E-state index is 0.0950. The number of carbonyl (C=O) groups is 2. The summed E-state index contributed by atoms with van der Waals surface area (Å²) in [5.74, 6) is -0.857. The molecule has 1 aromatic rings. The van der Waals surface area contributed by atoms with Crippen LogP contribution in [0.3, 0.4) is 0 Å². The summed E-state index contributed by atoms with van der Waals surface area (Å²) in [5, 5.41) is 0. The first-order valence-corrected chi connectivity index (χ1v) is 10.7. The molecule has 9 nitrogen and oxygen atoms in total. The maximum Gasteiger partial charge on any atom is 0.317 e. The van der Waals surface area contributed by atoms with Crippen molar-refractivity contribution in [3.8, 4) is 6.01 Å². The molecule has 0 spiro atoms. The first-order chi connectivity index (χ1) is 12.7. The third-order valence-corrected chi connectivity index (χ3v) is 6.51. The van der Waals surface area contributed by atoms with Crippen LogP contribution in [0.5, 0.6) is 6.01 Å². The van der Waals surface area contributed by atoms with Crippen molar-refractivity contribution in [3.63, 3.8) is 0 Å². The highest BCUT2D eigenvalue weighted by Gasteiger charge is 2.34. The topological polar surface area (TPSA) is 110 Å². The molecule has 2 amide bonds. The highest BCUT2D eigenvalue weighted by Crippen LogP contribution is 2.20. The molecule has 0 radical (unpaired) electrons. The normalized spacial score (nSPS) is 21.7. The van der Waals surface area contributed by atoms with Gasteiger partial charge in [-0.15, -0.1) is 0 Å². The van der Waals surface area contributed by atoms with Crippen LogP contribution < -0.4 is 4.74 Å². The Labute approximate surface area is 158 Å². The van der Waals surface area contributed by atoms with Gasteiger partial charge in [-0.2, -0.15) is 4.31 Å². The van der Waals surface area contributed by atoms with Gasteiger partial charge in [0, 0.05) is 37.3 Å². The molecule has 0 N–H and O–H groups in total. The fourth-order valence-corrected chi connectivity index (χ4v) is 4.78. The molecule has 2 fully saturated rings. The molecule has 1 atom stereocenters. The van der Waals surface area contributed by atoms with Crippen molar-refractivity contribution in [2.24, 2.45) is 0 Å². The quantitative estimate of drug-likeness (QED) is 0.641. The highest BCUT2D eigenvalue weighted by atomic mass is 32.2. The van der Waals surface area contributed by atoms with Crippen molar-refractivity contribution >= 4 is 21.8 Å². The molecular formula is C17H24N4O5S. The summed E-state index contributed by atoms with van der Waals surface area (Å²) in [4.78, 5) is 33.1. The second-order valence-electron chi connectivity index (χ2n) is 6.93. The molecule has 148 valence electrons.